The molecular formula is C29H37FN4O3. The van der Waals surface area contributed by atoms with Gasteiger partial charge in [-0.2, -0.15) is 4.98 Å². The van der Waals surface area contributed by atoms with E-state index in [0.29, 0.717) is 37.0 Å². The zero-order chi connectivity index (χ0) is 26.8. The summed E-state index contributed by atoms with van der Waals surface area (Å²) in [5.41, 5.74) is 2.58. The minimum absolute atomic E-state index is 0.00855. The van der Waals surface area contributed by atoms with Gasteiger partial charge in [-0.05, 0) is 43.5 Å². The molecule has 0 unspecified atom stereocenters. The number of halogens is 1. The molecule has 0 bridgehead atoms. The number of carbonyl (C=O) groups is 1. The summed E-state index contributed by atoms with van der Waals surface area (Å²) >= 11 is 0. The Labute approximate surface area is 218 Å². The molecule has 1 aromatic carbocycles. The third kappa shape index (κ3) is 7.97. The number of nitrogens with zero attached hydrogens (tertiary/aromatic N) is 4. The molecule has 8 heteroatoms. The smallest absolute Gasteiger partial charge is 0.253 e. The van der Waals surface area contributed by atoms with Gasteiger partial charge in [-0.25, -0.2) is 0 Å². The lowest BCUT2D eigenvalue weighted by atomic mass is 9.96. The maximum Gasteiger partial charge on any atom is 0.253 e. The summed E-state index contributed by atoms with van der Waals surface area (Å²) in [6.45, 7) is 12.3. The van der Waals surface area contributed by atoms with Crippen LogP contribution in [0.25, 0.3) is 11.1 Å². The van der Waals surface area contributed by atoms with E-state index in [9.17, 15) is 9.18 Å². The van der Waals surface area contributed by atoms with E-state index in [0.717, 1.165) is 36.1 Å². The minimum atomic E-state index is -0.621. The Morgan fingerprint density at radius 2 is 1.86 bits per heavy atom. The first-order valence-electron chi connectivity index (χ1n) is 12.8. The quantitative estimate of drug-likeness (QED) is 0.194. The summed E-state index contributed by atoms with van der Waals surface area (Å²) in [6, 6.07) is 9.66. The second kappa shape index (κ2) is 13.1. The predicted octanol–water partition coefficient (Wildman–Crippen LogP) is 6.49. The first kappa shape index (κ1) is 28.0. The van der Waals surface area contributed by atoms with Crippen LogP contribution >= 0.6 is 0 Å². The summed E-state index contributed by atoms with van der Waals surface area (Å²) < 4.78 is 23.9. The molecule has 0 aliphatic carbocycles. The Morgan fingerprint density at radius 1 is 1.11 bits per heavy atom. The molecule has 0 aliphatic heterocycles. The summed E-state index contributed by atoms with van der Waals surface area (Å²) in [5, 5.41) is 4.07. The van der Waals surface area contributed by atoms with E-state index >= 15 is 0 Å². The number of anilines is 1. The monoisotopic (exact) mass is 508 g/mol. The highest BCUT2D eigenvalue weighted by molar-refractivity contribution is 6.05. The molecule has 7 nitrogen and oxygen atoms in total. The number of amides is 1. The summed E-state index contributed by atoms with van der Waals surface area (Å²) in [4.78, 5) is 23.7. The summed E-state index contributed by atoms with van der Waals surface area (Å²) in [7, 11) is 0. The van der Waals surface area contributed by atoms with Gasteiger partial charge in [-0.1, -0.05) is 51.1 Å². The van der Waals surface area contributed by atoms with E-state index in [4.69, 9.17) is 9.26 Å². The van der Waals surface area contributed by atoms with Crippen LogP contribution in [0.15, 0.2) is 59.4 Å². The molecule has 0 saturated heterocycles. The fraction of sp³-hybridized carbons (Fsp3) is 0.448. The maximum atomic E-state index is 13.2. The van der Waals surface area contributed by atoms with Crippen LogP contribution < -0.4 is 9.64 Å². The molecule has 3 aromatic rings. The largest absolute Gasteiger partial charge is 0.494 e. The molecule has 0 saturated carbocycles. The van der Waals surface area contributed by atoms with E-state index in [1.54, 1.807) is 17.3 Å². The van der Waals surface area contributed by atoms with E-state index < -0.39 is 6.67 Å². The predicted molar refractivity (Wildman–Crippen MR) is 143 cm³/mol. The van der Waals surface area contributed by atoms with E-state index in [-0.39, 0.29) is 23.3 Å². The highest BCUT2D eigenvalue weighted by Crippen LogP contribution is 2.27. The fourth-order valence-corrected chi connectivity index (χ4v) is 3.79. The Hall–Kier alpha value is -3.55. The van der Waals surface area contributed by atoms with E-state index in [1.165, 1.54) is 0 Å². The van der Waals surface area contributed by atoms with Gasteiger partial charge < -0.3 is 14.2 Å². The van der Waals surface area contributed by atoms with Crippen LogP contribution in [0.3, 0.4) is 0 Å². The lowest BCUT2D eigenvalue weighted by Gasteiger charge is -2.24. The van der Waals surface area contributed by atoms with Crippen LogP contribution in [0.2, 0.25) is 0 Å². The van der Waals surface area contributed by atoms with Gasteiger partial charge in [-0.3, -0.25) is 14.2 Å². The molecular weight excluding hydrogens is 471 g/mol. The van der Waals surface area contributed by atoms with E-state index in [1.807, 2.05) is 58.0 Å². The molecule has 1 amide bonds. The lowest BCUT2D eigenvalue weighted by Crippen LogP contribution is -2.33. The number of hydrogen-bond acceptors (Lipinski definition) is 6. The van der Waals surface area contributed by atoms with Crippen molar-refractivity contribution in [2.24, 2.45) is 0 Å². The molecule has 3 rings (SSSR count). The Bertz CT molecular complexity index is 1170. The SMILES string of the molecule is C=C(CCF)C(=O)N(CCCCCc1nc(C(C)(C)C)no1)c1cncc(-c2ccc(OCC)cc2)c1. The Morgan fingerprint density at radius 3 is 2.51 bits per heavy atom. The van der Waals surface area contributed by atoms with Crippen molar-refractivity contribution in [2.45, 2.75) is 65.2 Å². The molecule has 198 valence electrons. The second-order valence-electron chi connectivity index (χ2n) is 9.96. The van der Waals surface area contributed by atoms with Crippen LogP contribution in [0, 0.1) is 0 Å². The number of unbranched alkanes of at least 4 members (excludes halogenated alkanes) is 2. The first-order chi connectivity index (χ1) is 17.7. The number of benzene rings is 1. The summed E-state index contributed by atoms with van der Waals surface area (Å²) in [5.74, 6) is 1.84. The zero-order valence-corrected chi connectivity index (χ0v) is 22.3. The zero-order valence-electron chi connectivity index (χ0n) is 22.3. The Balaban J connectivity index is 1.68. The lowest BCUT2D eigenvalue weighted by molar-refractivity contribution is -0.115. The van der Waals surface area contributed by atoms with Crippen molar-refractivity contribution in [3.63, 3.8) is 0 Å². The van der Waals surface area contributed by atoms with Gasteiger partial charge in [0.25, 0.3) is 5.91 Å². The highest BCUT2D eigenvalue weighted by Gasteiger charge is 2.21. The number of alkyl halides is 1. The molecule has 2 aromatic heterocycles. The number of aryl methyl sites for hydroxylation is 1. The van der Waals surface area contributed by atoms with Crippen molar-refractivity contribution in [3.8, 4) is 16.9 Å². The summed E-state index contributed by atoms with van der Waals surface area (Å²) in [6.07, 6.45) is 6.57. The van der Waals surface area contributed by atoms with Crippen molar-refractivity contribution in [1.29, 1.82) is 0 Å². The highest BCUT2D eigenvalue weighted by atomic mass is 19.1. The van der Waals surface area contributed by atoms with Crippen LogP contribution in [-0.2, 0) is 16.6 Å². The number of pyridine rings is 1. The number of ether oxygens (including phenoxy) is 1. The molecule has 37 heavy (non-hydrogen) atoms. The van der Waals surface area contributed by atoms with Crippen molar-refractivity contribution in [2.75, 3.05) is 24.7 Å². The van der Waals surface area contributed by atoms with Gasteiger partial charge in [0, 0.05) is 42.1 Å². The van der Waals surface area contributed by atoms with Gasteiger partial charge in [0.15, 0.2) is 5.82 Å². The molecule has 2 heterocycles. The van der Waals surface area contributed by atoms with Crippen molar-refractivity contribution in [1.82, 2.24) is 15.1 Å². The third-order valence-electron chi connectivity index (χ3n) is 5.89. The Kier molecular flexibility index (Phi) is 9.94. The van der Waals surface area contributed by atoms with Crippen LogP contribution in [0.4, 0.5) is 10.1 Å². The van der Waals surface area contributed by atoms with Gasteiger partial charge in [0.05, 0.1) is 25.2 Å². The number of rotatable bonds is 13. The van der Waals surface area contributed by atoms with Gasteiger partial charge in [0.1, 0.15) is 5.75 Å². The minimum Gasteiger partial charge on any atom is -0.494 e. The van der Waals surface area contributed by atoms with Crippen molar-refractivity contribution < 1.29 is 18.4 Å². The fourth-order valence-electron chi connectivity index (χ4n) is 3.79. The van der Waals surface area contributed by atoms with Crippen molar-refractivity contribution >= 4 is 11.6 Å². The molecule has 0 spiro atoms. The van der Waals surface area contributed by atoms with E-state index in [2.05, 4.69) is 21.7 Å². The van der Waals surface area contributed by atoms with Crippen LogP contribution in [0.5, 0.6) is 5.75 Å². The van der Waals surface area contributed by atoms with Gasteiger partial charge in [-0.15, -0.1) is 0 Å². The molecule has 0 N–H and O–H groups in total. The topological polar surface area (TPSA) is 81.4 Å². The normalized spacial score (nSPS) is 11.4. The number of carbonyl (C=O) groups excluding carboxylic acids is 1. The van der Waals surface area contributed by atoms with Crippen molar-refractivity contribution in [3.05, 3.63) is 66.6 Å². The third-order valence-corrected chi connectivity index (χ3v) is 5.89. The average molecular weight is 509 g/mol. The number of hydrogen-bond donors (Lipinski definition) is 0. The second-order valence-corrected chi connectivity index (χ2v) is 9.96. The van der Waals surface area contributed by atoms with Crippen LogP contribution in [0.1, 0.15) is 65.1 Å². The molecule has 0 fully saturated rings. The van der Waals surface area contributed by atoms with Crippen LogP contribution in [-0.4, -0.2) is 40.9 Å². The number of aromatic nitrogens is 3. The molecule has 0 radical (unpaired) electrons. The standard InChI is InChI=1S/C29H37FN4O3/c1-6-36-25-13-11-22(12-14-25)23-18-24(20-31-19-23)34(27(35)21(2)15-16-30)17-9-7-8-10-26-32-28(33-37-26)29(3,4)5/h11-14,18-20H,2,6-10,15-17H2,1,3-5H3. The average Bonchev–Trinajstić information content (AvgIpc) is 3.36. The maximum absolute atomic E-state index is 13.2. The van der Waals surface area contributed by atoms with Gasteiger partial charge in [0.2, 0.25) is 5.89 Å². The molecule has 0 atom stereocenters. The molecule has 0 aliphatic rings. The first-order valence-corrected chi connectivity index (χ1v) is 12.8. The van der Waals surface area contributed by atoms with Gasteiger partial charge >= 0.3 is 0 Å².